The van der Waals surface area contributed by atoms with Crippen LogP contribution in [0.1, 0.15) is 279 Å². The van der Waals surface area contributed by atoms with E-state index in [-0.39, 0.29) is 6.42 Å². The fourth-order valence-electron chi connectivity index (χ4n) is 17.4. The molecule has 0 saturated carbocycles. The van der Waals surface area contributed by atoms with Crippen molar-refractivity contribution in [3.63, 3.8) is 0 Å². The number of carboxylic acids is 3. The molecule has 10 unspecified atom stereocenters. The number of amides is 4. The Kier molecular flexibility index (Phi) is 54.5. The molecule has 0 radical (unpaired) electrons. The van der Waals surface area contributed by atoms with Crippen LogP contribution in [-0.2, 0) is 90.5 Å². The van der Waals surface area contributed by atoms with E-state index in [0.717, 1.165) is 98.3 Å². The van der Waals surface area contributed by atoms with Crippen molar-refractivity contribution in [1.82, 2.24) is 21.3 Å². The molecule has 23 N–H and O–H groups in total. The number of carboxylic acid groups (broad SMARTS) is 3. The number of aliphatic hydroxyl groups is 16. The minimum Gasteiger partial charge on any atom is -0.477 e. The third kappa shape index (κ3) is 37.7. The maximum atomic E-state index is 13.9. The number of unbranched alkanes of at least 4 members (excludes halogenated alkanes) is 30. The molecule has 5 aliphatic heterocycles. The molecule has 42 heteroatoms. The predicted molar refractivity (Wildman–Crippen MR) is 471 cm³/mol. The molecule has 5 fully saturated rings. The van der Waals surface area contributed by atoms with Crippen molar-refractivity contribution in [3.8, 4) is 0 Å². The van der Waals surface area contributed by atoms with E-state index in [9.17, 15) is 135 Å². The van der Waals surface area contributed by atoms with E-state index in [1.165, 1.54) is 134 Å². The Bertz CT molecular complexity index is 3430. The molecule has 5 saturated heterocycles. The molecule has 133 heavy (non-hydrogen) atoms. The van der Waals surface area contributed by atoms with Gasteiger partial charge in [-0.15, -0.1) is 0 Å². The highest BCUT2D eigenvalue weighted by Gasteiger charge is 2.64. The van der Waals surface area contributed by atoms with Crippen LogP contribution in [0.4, 0.5) is 0 Å². The van der Waals surface area contributed by atoms with Crippen LogP contribution in [0.5, 0.6) is 0 Å². The molecule has 4 amide bonds. The van der Waals surface area contributed by atoms with Crippen LogP contribution in [0.2, 0.25) is 0 Å². The summed E-state index contributed by atoms with van der Waals surface area (Å²) in [6.07, 6.45) is -10.7. The van der Waals surface area contributed by atoms with E-state index in [2.05, 4.69) is 47.3 Å². The van der Waals surface area contributed by atoms with Gasteiger partial charge in [-0.25, -0.2) is 14.4 Å². The van der Waals surface area contributed by atoms with Gasteiger partial charge in [0.15, 0.2) is 12.6 Å². The van der Waals surface area contributed by atoms with Gasteiger partial charge in [0, 0.05) is 53.4 Å². The van der Waals surface area contributed by atoms with Gasteiger partial charge in [-0.05, 0) is 44.9 Å². The minimum atomic E-state index is -3.59. The predicted octanol–water partition coefficient (Wildman–Crippen LogP) is 0.981. The van der Waals surface area contributed by atoms with Crippen LogP contribution in [0.15, 0.2) is 24.3 Å². The maximum absolute atomic E-state index is 13.9. The zero-order chi connectivity index (χ0) is 98.5. The molecule has 30 atom stereocenters. The van der Waals surface area contributed by atoms with E-state index in [1.54, 1.807) is 6.08 Å². The summed E-state index contributed by atoms with van der Waals surface area (Å²) < 4.78 is 63.2. The summed E-state index contributed by atoms with van der Waals surface area (Å²) in [5.41, 5.74) is 0. The van der Waals surface area contributed by atoms with Gasteiger partial charge in [0.05, 0.1) is 81.6 Å². The molecule has 0 aromatic heterocycles. The smallest absolute Gasteiger partial charge is 0.364 e. The van der Waals surface area contributed by atoms with E-state index >= 15 is 0 Å². The Morgan fingerprint density at radius 3 is 1.17 bits per heavy atom. The fraction of sp³-hybridized carbons (Fsp3) is 0.868. The van der Waals surface area contributed by atoms with Crippen LogP contribution in [0.3, 0.4) is 0 Å². The van der Waals surface area contributed by atoms with Crippen molar-refractivity contribution in [1.29, 1.82) is 0 Å². The lowest BCUT2D eigenvalue weighted by Gasteiger charge is -2.51. The highest BCUT2D eigenvalue weighted by Crippen LogP contribution is 2.43. The summed E-state index contributed by atoms with van der Waals surface area (Å²) in [6, 6.07) is -7.10. The first kappa shape index (κ1) is 118. The van der Waals surface area contributed by atoms with Gasteiger partial charge in [-0.2, -0.15) is 0 Å². The van der Waals surface area contributed by atoms with E-state index in [0.29, 0.717) is 12.8 Å². The van der Waals surface area contributed by atoms with Gasteiger partial charge < -0.3 is 170 Å². The number of esters is 1. The Labute approximate surface area is 778 Å². The molecule has 0 spiro atoms. The van der Waals surface area contributed by atoms with Crippen molar-refractivity contribution >= 4 is 47.5 Å². The Morgan fingerprint density at radius 1 is 0.421 bits per heavy atom. The normalized spacial score (nSPS) is 31.0. The first-order valence-corrected chi connectivity index (χ1v) is 47.9. The van der Waals surface area contributed by atoms with Gasteiger partial charge in [-0.1, -0.05) is 205 Å². The molecular formula is C91H158N4O38. The van der Waals surface area contributed by atoms with Crippen molar-refractivity contribution in [3.05, 3.63) is 24.3 Å². The number of allylic oxidation sites excluding steroid dienone is 3. The number of aliphatic carboxylic acids is 3. The zero-order valence-corrected chi connectivity index (χ0v) is 78.1. The molecule has 5 rings (SSSR count). The number of hydrogen-bond donors (Lipinski definition) is 23. The summed E-state index contributed by atoms with van der Waals surface area (Å²) in [5, 5.41) is 227. The lowest BCUT2D eigenvalue weighted by atomic mass is 9.86. The average Bonchev–Trinajstić information content (AvgIpc) is 0.750. The van der Waals surface area contributed by atoms with Gasteiger partial charge in [0.1, 0.15) is 110 Å². The SMILES string of the molecule is CCCCCCCC/C=C\CCCCCCCCCCCCCCCC(=O)N[C@@H](CO[C@@H]1OC(CO)[C@@H](O[C@@H]2OC(CO)[C@H](O)[C@H](O[C@]3(C(=O)O)CC(O)[C@@H](NC(C)=O)C([C@H](O)[C@@H](CO)O[C@]4(C(=O)O)CC(O)[C@@H](NC(C)=O)C([C@H](O)[C@@H](CO)O[C@]5(C(=O)O)CC(O)[C@@H](NC(C)=O)C([C@H](O)[C@H](O)COC(C)=O)O5)O4)O3)C2O)[C@H](O)C1O)[C@H](O)/C=C/CCCCCCCCCCCCC. The molecule has 0 aromatic rings. The number of carbonyl (C=O) groups is 8. The lowest BCUT2D eigenvalue weighted by Crippen LogP contribution is -2.72. The standard InChI is InChI=1S/C91H158N4O38/c1-7-9-11-13-15-17-19-21-22-23-24-25-26-27-28-29-30-32-34-36-38-40-42-44-68(109)95-58(59(104)43-41-39-37-35-33-31-20-18-16-14-12-10-8-2)52-124-84-77(115)76(114)79(67(51-99)126-84)127-85-78(116)83(73(111)64(48-96)125-85)133-91(88(121)122)47-62(107)71(94-56(5)102)82(132-91)75(113)66(50-98)129-90(87(119)120)46-61(106)70(93-55(4)101)81(131-90)74(112)65(49-97)128-89(86(117)118)45-60(105)69(92-54(3)100)80(130-89)72(110)63(108)53-123-57(6)103/h21-22,41,43,58-67,69-85,96-99,104-108,110-116H,7-20,23-40,42,44-53H2,1-6H3,(H,92,100)(H,93,101)(H,94,102)(H,95,109)(H,117,118)(H,119,120)(H,121,122)/b22-21-,43-41+/t58-,59+,60?,61?,62?,63+,64?,65+,66+,67?,69+,70+,71+,72+,73-,74+,75+,76+,77?,78?,79+,80?,81?,82?,83-,84+,85-,89+,90+,91-/m0/s1. The van der Waals surface area contributed by atoms with Gasteiger partial charge in [-0.3, -0.25) is 24.0 Å². The zero-order valence-electron chi connectivity index (χ0n) is 78.1. The Hall–Kier alpha value is -5.80. The highest BCUT2D eigenvalue weighted by atomic mass is 16.8. The summed E-state index contributed by atoms with van der Waals surface area (Å²) in [4.78, 5) is 104. The number of aliphatic hydroxyl groups excluding tert-OH is 16. The van der Waals surface area contributed by atoms with Crippen LogP contribution < -0.4 is 21.3 Å². The van der Waals surface area contributed by atoms with Gasteiger partial charge in [0.25, 0.3) is 17.4 Å². The van der Waals surface area contributed by atoms with Crippen LogP contribution in [0, 0.1) is 0 Å². The number of ether oxygens (including phenoxy) is 11. The summed E-state index contributed by atoms with van der Waals surface area (Å²) >= 11 is 0. The largest absolute Gasteiger partial charge is 0.477 e. The van der Waals surface area contributed by atoms with Crippen LogP contribution in [0.25, 0.3) is 0 Å². The molecule has 0 aliphatic carbocycles. The van der Waals surface area contributed by atoms with Gasteiger partial charge >= 0.3 is 23.9 Å². The van der Waals surface area contributed by atoms with Crippen molar-refractivity contribution in [2.45, 2.75) is 461 Å². The van der Waals surface area contributed by atoms with E-state index < -0.39 is 289 Å². The van der Waals surface area contributed by atoms with Crippen molar-refractivity contribution in [2.24, 2.45) is 0 Å². The fourth-order valence-corrected chi connectivity index (χ4v) is 17.4. The molecule has 42 nitrogen and oxygen atoms in total. The van der Waals surface area contributed by atoms with Crippen LogP contribution >= 0.6 is 0 Å². The minimum absolute atomic E-state index is 0.117. The molecule has 0 aromatic carbocycles. The highest BCUT2D eigenvalue weighted by molar-refractivity contribution is 5.79. The van der Waals surface area contributed by atoms with Crippen LogP contribution in [-0.4, -0.2) is 366 Å². The average molecular weight is 1920 g/mol. The van der Waals surface area contributed by atoms with Crippen molar-refractivity contribution < 1.29 is 187 Å². The summed E-state index contributed by atoms with van der Waals surface area (Å²) in [5.74, 6) is -21.7. The number of nitrogens with one attached hydrogen (secondary N) is 4. The monoisotopic (exact) mass is 1920 g/mol. The molecule has 5 aliphatic rings. The van der Waals surface area contributed by atoms with Gasteiger partial charge in [0.2, 0.25) is 23.6 Å². The summed E-state index contributed by atoms with van der Waals surface area (Å²) in [7, 11) is 0. The molecule has 5 heterocycles. The number of hydrogen-bond acceptors (Lipinski definition) is 35. The first-order valence-electron chi connectivity index (χ1n) is 47.9. The lowest BCUT2D eigenvalue weighted by molar-refractivity contribution is -0.388. The Morgan fingerprint density at radius 2 is 0.789 bits per heavy atom. The van der Waals surface area contributed by atoms with E-state index in [4.69, 9.17) is 52.1 Å². The van der Waals surface area contributed by atoms with E-state index in [1.807, 2.05) is 0 Å². The number of carbonyl (C=O) groups excluding carboxylic acids is 5. The molecular weight excluding hydrogens is 1760 g/mol. The quantitative estimate of drug-likeness (QED) is 0.0229. The molecule has 0 bridgehead atoms. The Balaban J connectivity index is 1.31. The van der Waals surface area contributed by atoms with Crippen molar-refractivity contribution in [2.75, 3.05) is 39.6 Å². The maximum Gasteiger partial charge on any atom is 0.364 e. The summed E-state index contributed by atoms with van der Waals surface area (Å²) in [6.45, 7) is 1.05. The second-order valence-corrected chi connectivity index (χ2v) is 35.9. The topological polar surface area (TPSA) is 671 Å². The third-order valence-electron chi connectivity index (χ3n) is 24.9. The molecule has 770 valence electrons. The first-order chi connectivity index (χ1) is 63.4. The second kappa shape index (κ2) is 61.6. The second-order valence-electron chi connectivity index (χ2n) is 35.9. The number of rotatable bonds is 67. The third-order valence-corrected chi connectivity index (χ3v) is 24.9.